The van der Waals surface area contributed by atoms with Gasteiger partial charge in [0.2, 0.25) is 0 Å². The number of alkyl halides is 1. The van der Waals surface area contributed by atoms with Gasteiger partial charge in [0.25, 0.3) is 0 Å². The third-order valence-electron chi connectivity index (χ3n) is 1.89. The first-order valence-electron chi connectivity index (χ1n) is 4.15. The Balaban J connectivity index is 2.53. The third-order valence-corrected chi connectivity index (χ3v) is 3.34. The van der Waals surface area contributed by atoms with E-state index in [4.69, 9.17) is 4.42 Å². The number of oxazole rings is 1. The Labute approximate surface area is 112 Å². The highest BCUT2D eigenvalue weighted by Crippen LogP contribution is 2.30. The molecule has 1 aromatic heterocycles. The van der Waals surface area contributed by atoms with Crippen LogP contribution in [0.2, 0.25) is 0 Å². The van der Waals surface area contributed by atoms with Gasteiger partial charge in [-0.2, -0.15) is 0 Å². The Kier molecular flexibility index (Phi) is 3.64. The molecule has 2 nitrogen and oxygen atoms in total. The molecule has 2 rings (SSSR count). The Morgan fingerprint density at radius 2 is 1.80 bits per heavy atom. The Bertz CT molecular complexity index is 461. The van der Waals surface area contributed by atoms with Crippen molar-refractivity contribution in [2.75, 3.05) is 0 Å². The smallest absolute Gasteiger partial charge is 0.181 e. The molecule has 0 fully saturated rings. The molecule has 0 spiro atoms. The maximum absolute atomic E-state index is 5.37. The standard InChI is InChI=1S/C10H6Br3NO/c11-4-9-10(15-5-14-9)6-1-7(12)3-8(13)2-6/h1-3,5H,4H2. The molecule has 0 aliphatic rings. The van der Waals surface area contributed by atoms with Crippen LogP contribution in [0.5, 0.6) is 0 Å². The van der Waals surface area contributed by atoms with Crippen LogP contribution in [-0.4, -0.2) is 4.98 Å². The summed E-state index contributed by atoms with van der Waals surface area (Å²) < 4.78 is 7.38. The van der Waals surface area contributed by atoms with Crippen LogP contribution < -0.4 is 0 Å². The summed E-state index contributed by atoms with van der Waals surface area (Å²) in [6.07, 6.45) is 1.46. The average molecular weight is 396 g/mol. The number of hydrogen-bond donors (Lipinski definition) is 0. The van der Waals surface area contributed by atoms with Crippen molar-refractivity contribution in [1.29, 1.82) is 0 Å². The highest BCUT2D eigenvalue weighted by atomic mass is 79.9. The van der Waals surface area contributed by atoms with Crippen LogP contribution in [0.15, 0.2) is 38.0 Å². The van der Waals surface area contributed by atoms with Crippen molar-refractivity contribution in [2.45, 2.75) is 5.33 Å². The van der Waals surface area contributed by atoms with Gasteiger partial charge in [-0.3, -0.25) is 0 Å². The van der Waals surface area contributed by atoms with Crippen molar-refractivity contribution in [1.82, 2.24) is 4.98 Å². The van der Waals surface area contributed by atoms with E-state index in [1.165, 1.54) is 6.39 Å². The first-order chi connectivity index (χ1) is 7.20. The molecule has 0 aliphatic heterocycles. The van der Waals surface area contributed by atoms with Gasteiger partial charge >= 0.3 is 0 Å². The molecule has 1 aromatic carbocycles. The van der Waals surface area contributed by atoms with Crippen LogP contribution in [0.1, 0.15) is 5.69 Å². The van der Waals surface area contributed by atoms with Gasteiger partial charge in [0.15, 0.2) is 12.2 Å². The van der Waals surface area contributed by atoms with Crippen LogP contribution in [0.25, 0.3) is 11.3 Å². The molecule has 15 heavy (non-hydrogen) atoms. The number of benzene rings is 1. The van der Waals surface area contributed by atoms with Gasteiger partial charge in [0, 0.05) is 19.8 Å². The minimum Gasteiger partial charge on any atom is -0.443 e. The van der Waals surface area contributed by atoms with E-state index in [2.05, 4.69) is 52.8 Å². The summed E-state index contributed by atoms with van der Waals surface area (Å²) in [7, 11) is 0. The lowest BCUT2D eigenvalue weighted by Crippen LogP contribution is -1.83. The van der Waals surface area contributed by atoms with E-state index in [0.717, 1.165) is 26.0 Å². The van der Waals surface area contributed by atoms with Crippen molar-refractivity contribution in [3.8, 4) is 11.3 Å². The van der Waals surface area contributed by atoms with E-state index in [9.17, 15) is 0 Å². The quantitative estimate of drug-likeness (QED) is 0.685. The molecule has 0 amide bonds. The zero-order valence-corrected chi connectivity index (χ0v) is 12.3. The van der Waals surface area contributed by atoms with Crippen LogP contribution >= 0.6 is 47.8 Å². The van der Waals surface area contributed by atoms with Crippen molar-refractivity contribution < 1.29 is 4.42 Å². The van der Waals surface area contributed by atoms with Gasteiger partial charge in [-0.25, -0.2) is 4.98 Å². The molecule has 0 bridgehead atoms. The normalized spacial score (nSPS) is 10.6. The van der Waals surface area contributed by atoms with Gasteiger partial charge in [-0.15, -0.1) is 0 Å². The van der Waals surface area contributed by atoms with E-state index in [1.807, 2.05) is 18.2 Å². The predicted molar refractivity (Wildman–Crippen MR) is 70.0 cm³/mol. The summed E-state index contributed by atoms with van der Waals surface area (Å²) in [5.41, 5.74) is 1.91. The van der Waals surface area contributed by atoms with Crippen LogP contribution in [0.3, 0.4) is 0 Å². The predicted octanol–water partition coefficient (Wildman–Crippen LogP) is 4.76. The van der Waals surface area contributed by atoms with Crippen LogP contribution in [-0.2, 0) is 5.33 Å². The first kappa shape index (κ1) is 11.4. The van der Waals surface area contributed by atoms with Gasteiger partial charge in [-0.05, 0) is 18.2 Å². The molecule has 0 N–H and O–H groups in total. The van der Waals surface area contributed by atoms with Gasteiger partial charge < -0.3 is 4.42 Å². The highest BCUT2D eigenvalue weighted by Gasteiger charge is 2.10. The minimum atomic E-state index is 0.683. The summed E-state index contributed by atoms with van der Waals surface area (Å²) in [6, 6.07) is 5.97. The third kappa shape index (κ3) is 2.52. The van der Waals surface area contributed by atoms with Crippen molar-refractivity contribution in [2.24, 2.45) is 0 Å². The Hall–Kier alpha value is -0.130. The molecule has 0 aliphatic carbocycles. The maximum Gasteiger partial charge on any atom is 0.181 e. The molecule has 78 valence electrons. The number of nitrogens with zero attached hydrogens (tertiary/aromatic N) is 1. The van der Waals surface area contributed by atoms with Crippen LogP contribution in [0.4, 0.5) is 0 Å². The van der Waals surface area contributed by atoms with Crippen LogP contribution in [0, 0.1) is 0 Å². The number of aromatic nitrogens is 1. The molecule has 5 heteroatoms. The lowest BCUT2D eigenvalue weighted by atomic mass is 10.1. The molecule has 2 aromatic rings. The van der Waals surface area contributed by atoms with E-state index >= 15 is 0 Å². The highest BCUT2D eigenvalue weighted by molar-refractivity contribution is 9.11. The second-order valence-corrected chi connectivity index (χ2v) is 5.31. The van der Waals surface area contributed by atoms with E-state index < -0.39 is 0 Å². The lowest BCUT2D eigenvalue weighted by molar-refractivity contribution is 0.571. The fraction of sp³-hybridized carbons (Fsp3) is 0.100. The summed E-state index contributed by atoms with van der Waals surface area (Å²) in [6.45, 7) is 0. The second kappa shape index (κ2) is 4.80. The van der Waals surface area contributed by atoms with Crippen molar-refractivity contribution in [3.63, 3.8) is 0 Å². The largest absolute Gasteiger partial charge is 0.443 e. The van der Waals surface area contributed by atoms with Crippen molar-refractivity contribution in [3.05, 3.63) is 39.2 Å². The Morgan fingerprint density at radius 1 is 1.13 bits per heavy atom. The maximum atomic E-state index is 5.37. The zero-order valence-electron chi connectivity index (χ0n) is 7.51. The summed E-state index contributed by atoms with van der Waals surface area (Å²) in [5, 5.41) is 0.683. The molecule has 0 atom stereocenters. The average Bonchev–Trinajstić information content (AvgIpc) is 2.63. The van der Waals surface area contributed by atoms with Gasteiger partial charge in [0.05, 0.1) is 5.69 Å². The van der Waals surface area contributed by atoms with Gasteiger partial charge in [-0.1, -0.05) is 47.8 Å². The molecule has 0 saturated heterocycles. The first-order valence-corrected chi connectivity index (χ1v) is 6.86. The van der Waals surface area contributed by atoms with Gasteiger partial charge in [0.1, 0.15) is 0 Å². The molecular formula is C10H6Br3NO. The Morgan fingerprint density at radius 3 is 2.40 bits per heavy atom. The fourth-order valence-corrected chi connectivity index (χ4v) is 2.98. The van der Waals surface area contributed by atoms with E-state index in [1.54, 1.807) is 0 Å². The summed E-state index contributed by atoms with van der Waals surface area (Å²) >= 11 is 10.3. The fourth-order valence-electron chi connectivity index (χ4n) is 1.28. The summed E-state index contributed by atoms with van der Waals surface area (Å²) in [5.74, 6) is 0.800. The number of hydrogen-bond acceptors (Lipinski definition) is 2. The second-order valence-electron chi connectivity index (χ2n) is 2.92. The molecule has 1 heterocycles. The molecule has 0 saturated carbocycles. The lowest BCUT2D eigenvalue weighted by Gasteiger charge is -2.01. The van der Waals surface area contributed by atoms with Crippen molar-refractivity contribution >= 4 is 47.8 Å². The van der Waals surface area contributed by atoms with E-state index in [-0.39, 0.29) is 0 Å². The topological polar surface area (TPSA) is 26.0 Å². The number of rotatable bonds is 2. The summed E-state index contributed by atoms with van der Waals surface area (Å²) in [4.78, 5) is 4.13. The molecule has 0 radical (unpaired) electrons. The minimum absolute atomic E-state index is 0.683. The molecular weight excluding hydrogens is 390 g/mol. The number of halogens is 3. The SMILES string of the molecule is BrCc1ncoc1-c1cc(Br)cc(Br)c1. The zero-order chi connectivity index (χ0) is 10.8. The monoisotopic (exact) mass is 393 g/mol. The van der Waals surface area contributed by atoms with E-state index in [0.29, 0.717) is 5.33 Å². The molecule has 0 unspecified atom stereocenters.